The minimum absolute atomic E-state index is 0.122. The van der Waals surface area contributed by atoms with E-state index >= 15 is 0 Å². The van der Waals surface area contributed by atoms with E-state index in [-0.39, 0.29) is 23.4 Å². The fourth-order valence-electron chi connectivity index (χ4n) is 3.19. The van der Waals surface area contributed by atoms with Gasteiger partial charge in [-0.25, -0.2) is 4.39 Å². The number of nitrogens with zero attached hydrogens (tertiary/aromatic N) is 1. The third-order valence-electron chi connectivity index (χ3n) is 4.67. The molecule has 5 nitrogen and oxygen atoms in total. The lowest BCUT2D eigenvalue weighted by Gasteiger charge is -2.32. The lowest BCUT2D eigenvalue weighted by Crippen LogP contribution is -2.40. The zero-order chi connectivity index (χ0) is 19.1. The number of piperidine rings is 1. The van der Waals surface area contributed by atoms with Crippen LogP contribution in [0.1, 0.15) is 50.4 Å². The van der Waals surface area contributed by atoms with E-state index in [1.807, 2.05) is 13.8 Å². The first-order valence-electron chi connectivity index (χ1n) is 9.50. The van der Waals surface area contributed by atoms with Crippen LogP contribution in [0, 0.1) is 17.7 Å². The number of hydrogen-bond donors (Lipinski definition) is 2. The number of hydrogen-bond acceptors (Lipinski definition) is 3. The first-order chi connectivity index (χ1) is 12.4. The molecule has 1 aromatic rings. The maximum atomic E-state index is 14.3. The van der Waals surface area contributed by atoms with Crippen LogP contribution in [-0.4, -0.2) is 42.9 Å². The molecule has 1 heterocycles. The average Bonchev–Trinajstić information content (AvgIpc) is 2.61. The number of amides is 2. The maximum absolute atomic E-state index is 14.3. The van der Waals surface area contributed by atoms with Crippen molar-refractivity contribution in [1.82, 2.24) is 10.2 Å². The van der Waals surface area contributed by atoms with E-state index in [2.05, 4.69) is 17.6 Å². The highest BCUT2D eigenvalue weighted by atomic mass is 19.1. The molecule has 1 aliphatic heterocycles. The van der Waals surface area contributed by atoms with Crippen molar-refractivity contribution in [3.8, 4) is 0 Å². The molecule has 2 N–H and O–H groups in total. The molecule has 26 heavy (non-hydrogen) atoms. The number of carbonyl (C=O) groups excluding carboxylic acids is 2. The summed E-state index contributed by atoms with van der Waals surface area (Å²) in [4.78, 5) is 26.2. The van der Waals surface area contributed by atoms with E-state index in [1.165, 1.54) is 12.1 Å². The summed E-state index contributed by atoms with van der Waals surface area (Å²) in [6.45, 7) is 9.28. The Labute approximate surface area is 155 Å². The predicted octanol–water partition coefficient (Wildman–Crippen LogP) is 3.27. The molecule has 1 aliphatic rings. The van der Waals surface area contributed by atoms with Crippen LogP contribution in [0.2, 0.25) is 0 Å². The van der Waals surface area contributed by atoms with E-state index in [0.717, 1.165) is 25.9 Å². The van der Waals surface area contributed by atoms with Gasteiger partial charge in [-0.1, -0.05) is 20.8 Å². The molecule has 0 aromatic heterocycles. The Hall–Kier alpha value is -1.95. The van der Waals surface area contributed by atoms with E-state index in [4.69, 9.17) is 0 Å². The van der Waals surface area contributed by atoms with Gasteiger partial charge in [-0.15, -0.1) is 0 Å². The summed E-state index contributed by atoms with van der Waals surface area (Å²) in [6, 6.07) is 4.28. The van der Waals surface area contributed by atoms with Gasteiger partial charge in [0.05, 0.1) is 5.69 Å². The molecule has 0 unspecified atom stereocenters. The molecule has 0 saturated carbocycles. The molecule has 0 radical (unpaired) electrons. The number of rotatable bonds is 7. The van der Waals surface area contributed by atoms with Crippen LogP contribution in [0.5, 0.6) is 0 Å². The summed E-state index contributed by atoms with van der Waals surface area (Å²) in [5.74, 6) is -0.148. The zero-order valence-electron chi connectivity index (χ0n) is 16.0. The van der Waals surface area contributed by atoms with Gasteiger partial charge < -0.3 is 15.5 Å². The molecule has 1 fully saturated rings. The highest BCUT2D eigenvalue weighted by Crippen LogP contribution is 2.21. The van der Waals surface area contributed by atoms with Gasteiger partial charge in [-0.2, -0.15) is 0 Å². The Morgan fingerprint density at radius 3 is 2.54 bits per heavy atom. The second-order valence-corrected chi connectivity index (χ2v) is 7.38. The Morgan fingerprint density at radius 2 is 1.96 bits per heavy atom. The molecular weight excluding hydrogens is 333 g/mol. The van der Waals surface area contributed by atoms with Gasteiger partial charge in [0.25, 0.3) is 5.91 Å². The molecule has 1 saturated heterocycles. The maximum Gasteiger partial charge on any atom is 0.253 e. The monoisotopic (exact) mass is 363 g/mol. The normalized spacial score (nSPS) is 15.3. The largest absolute Gasteiger partial charge is 0.339 e. The summed E-state index contributed by atoms with van der Waals surface area (Å²) < 4.78 is 14.3. The molecule has 2 rings (SSSR count). The number of nitrogens with one attached hydrogen (secondary N) is 2. The zero-order valence-corrected chi connectivity index (χ0v) is 16.0. The number of benzene rings is 1. The molecule has 2 amide bonds. The second kappa shape index (κ2) is 9.67. The predicted molar refractivity (Wildman–Crippen MR) is 102 cm³/mol. The van der Waals surface area contributed by atoms with E-state index in [1.54, 1.807) is 11.0 Å². The smallest absolute Gasteiger partial charge is 0.253 e. The van der Waals surface area contributed by atoms with Crippen LogP contribution < -0.4 is 10.6 Å². The van der Waals surface area contributed by atoms with Gasteiger partial charge in [0.15, 0.2) is 0 Å². The molecule has 0 atom stereocenters. The minimum Gasteiger partial charge on any atom is -0.339 e. The van der Waals surface area contributed by atoms with Crippen LogP contribution in [-0.2, 0) is 4.79 Å². The van der Waals surface area contributed by atoms with Gasteiger partial charge in [-0.3, -0.25) is 9.59 Å². The third-order valence-corrected chi connectivity index (χ3v) is 4.67. The summed E-state index contributed by atoms with van der Waals surface area (Å²) in [5, 5.41) is 5.91. The highest BCUT2D eigenvalue weighted by molar-refractivity contribution is 5.96. The van der Waals surface area contributed by atoms with Crippen molar-refractivity contribution in [1.29, 1.82) is 0 Å². The number of likely N-dealkylation sites (tertiary alicyclic amines) is 1. The fourth-order valence-corrected chi connectivity index (χ4v) is 3.19. The van der Waals surface area contributed by atoms with E-state index in [0.29, 0.717) is 31.0 Å². The van der Waals surface area contributed by atoms with Crippen LogP contribution in [0.15, 0.2) is 18.2 Å². The number of carbonyl (C=O) groups is 2. The van der Waals surface area contributed by atoms with Crippen molar-refractivity contribution in [2.45, 2.75) is 40.0 Å². The molecule has 1 aromatic carbocycles. The molecule has 6 heteroatoms. The molecule has 0 bridgehead atoms. The summed E-state index contributed by atoms with van der Waals surface area (Å²) in [6.07, 6.45) is 2.26. The Kier molecular flexibility index (Phi) is 7.57. The van der Waals surface area contributed by atoms with E-state index < -0.39 is 5.82 Å². The standard InChI is InChI=1S/C20H30FN3O2/c1-4-22-13-15-7-9-24(10-8-15)20(26)16-5-6-18(17(21)12-16)23-19(25)11-14(2)3/h5-6,12,14-15,22H,4,7-11,13H2,1-3H3,(H,23,25). The van der Waals surface area contributed by atoms with Crippen molar-refractivity contribution < 1.29 is 14.0 Å². The van der Waals surface area contributed by atoms with Crippen molar-refractivity contribution in [3.63, 3.8) is 0 Å². The lowest BCUT2D eigenvalue weighted by atomic mass is 9.96. The fraction of sp³-hybridized carbons (Fsp3) is 0.600. The SMILES string of the molecule is CCNCC1CCN(C(=O)c2ccc(NC(=O)CC(C)C)c(F)c2)CC1. The van der Waals surface area contributed by atoms with Crippen molar-refractivity contribution in [2.24, 2.45) is 11.8 Å². The van der Waals surface area contributed by atoms with Gasteiger partial charge in [0.1, 0.15) is 5.82 Å². The Balaban J connectivity index is 1.94. The van der Waals surface area contributed by atoms with Crippen LogP contribution in [0.4, 0.5) is 10.1 Å². The van der Waals surface area contributed by atoms with Crippen molar-refractivity contribution in [3.05, 3.63) is 29.6 Å². The number of halogens is 1. The van der Waals surface area contributed by atoms with Crippen LogP contribution in [0.3, 0.4) is 0 Å². The van der Waals surface area contributed by atoms with Crippen LogP contribution >= 0.6 is 0 Å². The molecule has 0 aliphatic carbocycles. The summed E-state index contributed by atoms with van der Waals surface area (Å²) >= 11 is 0. The van der Waals surface area contributed by atoms with Gasteiger partial charge in [0, 0.05) is 25.1 Å². The second-order valence-electron chi connectivity index (χ2n) is 7.38. The molecule has 0 spiro atoms. The third kappa shape index (κ3) is 5.80. The quantitative estimate of drug-likeness (QED) is 0.782. The van der Waals surface area contributed by atoms with Crippen LogP contribution in [0.25, 0.3) is 0 Å². The minimum atomic E-state index is -0.574. The first-order valence-corrected chi connectivity index (χ1v) is 9.50. The molecule has 144 valence electrons. The topological polar surface area (TPSA) is 61.4 Å². The molecular formula is C20H30FN3O2. The van der Waals surface area contributed by atoms with Gasteiger partial charge in [-0.05, 0) is 56.0 Å². The van der Waals surface area contributed by atoms with Gasteiger partial charge >= 0.3 is 0 Å². The average molecular weight is 363 g/mol. The summed E-state index contributed by atoms with van der Waals surface area (Å²) in [7, 11) is 0. The van der Waals surface area contributed by atoms with E-state index in [9.17, 15) is 14.0 Å². The summed E-state index contributed by atoms with van der Waals surface area (Å²) in [5.41, 5.74) is 0.450. The number of anilines is 1. The first kappa shape index (κ1) is 20.4. The van der Waals surface area contributed by atoms with Crippen molar-refractivity contribution in [2.75, 3.05) is 31.5 Å². The Bertz CT molecular complexity index is 625. The van der Waals surface area contributed by atoms with Gasteiger partial charge in [0.2, 0.25) is 5.91 Å². The van der Waals surface area contributed by atoms with Crippen molar-refractivity contribution >= 4 is 17.5 Å². The lowest BCUT2D eigenvalue weighted by molar-refractivity contribution is -0.116. The highest BCUT2D eigenvalue weighted by Gasteiger charge is 2.24. The Morgan fingerprint density at radius 1 is 1.27 bits per heavy atom.